The number of nitrogens with zero attached hydrogens (tertiary/aromatic N) is 5. The van der Waals surface area contributed by atoms with Crippen molar-refractivity contribution in [3.63, 3.8) is 0 Å². The summed E-state index contributed by atoms with van der Waals surface area (Å²) in [6.45, 7) is 2.65. The molecule has 0 unspecified atom stereocenters. The molecule has 0 aliphatic carbocycles. The van der Waals surface area contributed by atoms with E-state index in [2.05, 4.69) is 25.4 Å². The lowest BCUT2D eigenvalue weighted by atomic mass is 10.1. The highest BCUT2D eigenvalue weighted by Crippen LogP contribution is 2.31. The molecule has 0 radical (unpaired) electrons. The lowest BCUT2D eigenvalue weighted by molar-refractivity contribution is -0.132. The van der Waals surface area contributed by atoms with Gasteiger partial charge in [0.25, 0.3) is 5.91 Å². The van der Waals surface area contributed by atoms with Crippen molar-refractivity contribution >= 4 is 28.3 Å². The van der Waals surface area contributed by atoms with E-state index in [9.17, 15) is 9.59 Å². The van der Waals surface area contributed by atoms with E-state index in [4.69, 9.17) is 4.52 Å². The molecule has 0 aromatic carbocycles. The van der Waals surface area contributed by atoms with Crippen LogP contribution in [-0.2, 0) is 17.6 Å². The van der Waals surface area contributed by atoms with Crippen LogP contribution in [0.25, 0.3) is 0 Å². The van der Waals surface area contributed by atoms with Gasteiger partial charge in [0.05, 0.1) is 17.3 Å². The van der Waals surface area contributed by atoms with Gasteiger partial charge in [-0.15, -0.1) is 11.3 Å². The van der Waals surface area contributed by atoms with E-state index < -0.39 is 0 Å². The predicted molar refractivity (Wildman–Crippen MR) is 110 cm³/mol. The Morgan fingerprint density at radius 1 is 1.33 bits per heavy atom. The first-order valence-electron chi connectivity index (χ1n) is 9.91. The first-order chi connectivity index (χ1) is 14.6. The Balaban J connectivity index is 1.37. The van der Waals surface area contributed by atoms with Crippen LogP contribution in [0.2, 0.25) is 0 Å². The van der Waals surface area contributed by atoms with Gasteiger partial charge in [-0.05, 0) is 25.0 Å². The maximum absolute atomic E-state index is 12.8. The van der Waals surface area contributed by atoms with E-state index in [0.29, 0.717) is 48.2 Å². The van der Waals surface area contributed by atoms with Gasteiger partial charge in [-0.1, -0.05) is 12.1 Å². The van der Waals surface area contributed by atoms with Gasteiger partial charge >= 0.3 is 0 Å². The molecular weight excluding hydrogens is 404 g/mol. The predicted octanol–water partition coefficient (Wildman–Crippen LogP) is 3.03. The molecular formula is C20H22N6O3S. The van der Waals surface area contributed by atoms with Gasteiger partial charge in [-0.2, -0.15) is 4.98 Å². The average Bonchev–Trinajstić information content (AvgIpc) is 3.53. The number of amides is 2. The van der Waals surface area contributed by atoms with Crippen molar-refractivity contribution in [3.05, 3.63) is 52.9 Å². The van der Waals surface area contributed by atoms with Gasteiger partial charge in [-0.25, -0.2) is 4.98 Å². The van der Waals surface area contributed by atoms with Crippen molar-refractivity contribution < 1.29 is 14.1 Å². The summed E-state index contributed by atoms with van der Waals surface area (Å²) in [5.74, 6) is 0.930. The summed E-state index contributed by atoms with van der Waals surface area (Å²) >= 11 is 1.36. The van der Waals surface area contributed by atoms with Crippen molar-refractivity contribution in [1.29, 1.82) is 0 Å². The number of hydrogen-bond donors (Lipinski definition) is 1. The highest BCUT2D eigenvalue weighted by molar-refractivity contribution is 7.13. The Bertz CT molecular complexity index is 1000. The molecule has 0 bridgehead atoms. The van der Waals surface area contributed by atoms with Crippen LogP contribution in [0.1, 0.15) is 60.0 Å². The van der Waals surface area contributed by atoms with E-state index in [-0.39, 0.29) is 17.9 Å². The fourth-order valence-electron chi connectivity index (χ4n) is 3.46. The average molecular weight is 427 g/mol. The summed E-state index contributed by atoms with van der Waals surface area (Å²) in [6.07, 6.45) is 6.40. The molecule has 2 amide bonds. The maximum atomic E-state index is 12.8. The van der Waals surface area contributed by atoms with Crippen LogP contribution in [0.5, 0.6) is 0 Å². The quantitative estimate of drug-likeness (QED) is 0.617. The second kappa shape index (κ2) is 9.12. The van der Waals surface area contributed by atoms with Crippen molar-refractivity contribution in [2.75, 3.05) is 11.9 Å². The molecule has 1 fully saturated rings. The third-order valence-electron chi connectivity index (χ3n) is 4.99. The number of pyridine rings is 1. The number of carbonyl (C=O) groups excluding carboxylic acids is 2. The summed E-state index contributed by atoms with van der Waals surface area (Å²) in [4.78, 5) is 39.7. The van der Waals surface area contributed by atoms with E-state index >= 15 is 0 Å². The Morgan fingerprint density at radius 3 is 2.93 bits per heavy atom. The van der Waals surface area contributed by atoms with Crippen molar-refractivity contribution in [3.8, 4) is 0 Å². The zero-order chi connectivity index (χ0) is 20.9. The molecule has 1 aliphatic rings. The molecule has 30 heavy (non-hydrogen) atoms. The Labute approximate surface area is 177 Å². The highest BCUT2D eigenvalue weighted by atomic mass is 32.1. The molecule has 1 atom stereocenters. The third kappa shape index (κ3) is 4.54. The first-order valence-corrected chi connectivity index (χ1v) is 10.8. The third-order valence-corrected chi connectivity index (χ3v) is 5.68. The Hall–Kier alpha value is -3.14. The number of hydrogen-bond acceptors (Lipinski definition) is 8. The SMILES string of the molecule is CCc1noc(CCC(=O)N2CCC[C@H]2c2ccc(C(=O)Nc3nccs3)cn2)n1. The molecule has 0 saturated carbocycles. The van der Waals surface area contributed by atoms with Crippen LogP contribution in [0, 0.1) is 0 Å². The van der Waals surface area contributed by atoms with Gasteiger partial charge in [0.15, 0.2) is 11.0 Å². The Kier molecular flexibility index (Phi) is 6.12. The molecule has 4 rings (SSSR count). The normalized spacial score (nSPS) is 16.0. The minimum Gasteiger partial charge on any atom is -0.339 e. The standard InChI is InChI=1S/C20H22N6O3S/c1-2-16-23-17(29-25-16)7-8-18(27)26-10-3-4-15(26)14-6-5-13(12-22-14)19(28)24-20-21-9-11-30-20/h5-6,9,11-12,15H,2-4,7-8,10H2,1H3,(H,21,24,28)/t15-/m0/s1. The molecule has 1 saturated heterocycles. The van der Waals surface area contributed by atoms with Crippen LogP contribution < -0.4 is 5.32 Å². The number of nitrogens with one attached hydrogen (secondary N) is 1. The van der Waals surface area contributed by atoms with Gasteiger partial charge in [-0.3, -0.25) is 19.9 Å². The van der Waals surface area contributed by atoms with Crippen LogP contribution in [-0.4, -0.2) is 43.4 Å². The molecule has 156 valence electrons. The van der Waals surface area contributed by atoms with Crippen LogP contribution in [0.3, 0.4) is 0 Å². The lowest BCUT2D eigenvalue weighted by Gasteiger charge is -2.24. The van der Waals surface area contributed by atoms with Gasteiger partial charge in [0.1, 0.15) is 0 Å². The highest BCUT2D eigenvalue weighted by Gasteiger charge is 2.31. The summed E-state index contributed by atoms with van der Waals surface area (Å²) in [7, 11) is 0. The molecule has 0 spiro atoms. The Morgan fingerprint density at radius 2 is 2.23 bits per heavy atom. The topological polar surface area (TPSA) is 114 Å². The van der Waals surface area contributed by atoms with E-state index in [1.54, 1.807) is 23.8 Å². The van der Waals surface area contributed by atoms with Crippen LogP contribution in [0.15, 0.2) is 34.4 Å². The van der Waals surface area contributed by atoms with Crippen LogP contribution in [0.4, 0.5) is 5.13 Å². The molecule has 3 aromatic heterocycles. The van der Waals surface area contributed by atoms with Crippen LogP contribution >= 0.6 is 11.3 Å². The second-order valence-corrected chi connectivity index (χ2v) is 7.86. The minimum absolute atomic E-state index is 0.0427. The smallest absolute Gasteiger partial charge is 0.259 e. The van der Waals surface area contributed by atoms with E-state index in [1.807, 2.05) is 17.9 Å². The largest absolute Gasteiger partial charge is 0.339 e. The van der Waals surface area contributed by atoms with E-state index in [0.717, 1.165) is 18.5 Å². The van der Waals surface area contributed by atoms with Crippen molar-refractivity contribution in [2.45, 2.75) is 45.1 Å². The molecule has 10 heteroatoms. The fraction of sp³-hybridized carbons (Fsp3) is 0.400. The second-order valence-electron chi connectivity index (χ2n) is 6.97. The monoisotopic (exact) mass is 426 g/mol. The number of thiazole rings is 1. The fourth-order valence-corrected chi connectivity index (χ4v) is 3.98. The zero-order valence-electron chi connectivity index (χ0n) is 16.6. The van der Waals surface area contributed by atoms with Gasteiger partial charge < -0.3 is 9.42 Å². The number of aryl methyl sites for hydroxylation is 2. The maximum Gasteiger partial charge on any atom is 0.259 e. The van der Waals surface area contributed by atoms with Gasteiger partial charge in [0.2, 0.25) is 11.8 Å². The zero-order valence-corrected chi connectivity index (χ0v) is 17.4. The first kappa shape index (κ1) is 20.1. The van der Waals surface area contributed by atoms with Gasteiger partial charge in [0, 0.05) is 43.6 Å². The molecule has 3 aromatic rings. The summed E-state index contributed by atoms with van der Waals surface area (Å²) < 4.78 is 5.17. The van der Waals surface area contributed by atoms with Crippen molar-refractivity contribution in [1.82, 2.24) is 25.0 Å². The molecule has 4 heterocycles. The number of rotatable bonds is 7. The molecule has 1 aliphatic heterocycles. The van der Waals surface area contributed by atoms with E-state index in [1.165, 1.54) is 11.3 Å². The number of aromatic nitrogens is 4. The summed E-state index contributed by atoms with van der Waals surface area (Å²) in [5, 5.41) is 8.94. The number of anilines is 1. The number of likely N-dealkylation sites (tertiary alicyclic amines) is 1. The minimum atomic E-state index is -0.255. The van der Waals surface area contributed by atoms with Crippen molar-refractivity contribution in [2.24, 2.45) is 0 Å². The summed E-state index contributed by atoms with van der Waals surface area (Å²) in [6, 6.07) is 3.47. The summed E-state index contributed by atoms with van der Waals surface area (Å²) in [5.41, 5.74) is 1.24. The molecule has 9 nitrogen and oxygen atoms in total. The molecule has 1 N–H and O–H groups in total. The number of carbonyl (C=O) groups is 2. The lowest BCUT2D eigenvalue weighted by Crippen LogP contribution is -2.31.